The van der Waals surface area contributed by atoms with Crippen molar-refractivity contribution in [1.82, 2.24) is 5.32 Å². The fourth-order valence-corrected chi connectivity index (χ4v) is 2.88. The Balaban J connectivity index is 2.15. The first kappa shape index (κ1) is 21.0. The second kappa shape index (κ2) is 9.60. The van der Waals surface area contributed by atoms with Crippen molar-refractivity contribution < 1.29 is 18.7 Å². The van der Waals surface area contributed by atoms with E-state index in [2.05, 4.69) is 5.32 Å². The second-order valence-electron chi connectivity index (χ2n) is 6.95. The topological polar surface area (TPSA) is 60.7 Å². The third-order valence-corrected chi connectivity index (χ3v) is 4.42. The molecule has 0 aliphatic heterocycles. The van der Waals surface area contributed by atoms with Crippen LogP contribution in [-0.4, -0.2) is 31.8 Å². The Kier molecular flexibility index (Phi) is 7.48. The third-order valence-electron chi connectivity index (χ3n) is 4.42. The second-order valence-corrected chi connectivity index (χ2v) is 6.95. The summed E-state index contributed by atoms with van der Waals surface area (Å²) in [4.78, 5) is 12.2. The molecule has 0 radical (unpaired) electrons. The van der Waals surface area contributed by atoms with Crippen LogP contribution in [0.3, 0.4) is 0 Å². The number of ether oxygens (including phenoxy) is 2. The molecule has 1 heterocycles. The van der Waals surface area contributed by atoms with Crippen LogP contribution in [-0.2, 0) is 9.53 Å². The van der Waals surface area contributed by atoms with Gasteiger partial charge in [-0.1, -0.05) is 0 Å². The van der Waals surface area contributed by atoms with Crippen LogP contribution in [0.5, 0.6) is 5.75 Å². The molecule has 2 rings (SSSR count). The molecule has 1 N–H and O–H groups in total. The quantitative estimate of drug-likeness (QED) is 0.507. The maximum atomic E-state index is 12.2. The number of carbonyl (C=O) groups excluding carboxylic acids is 1. The molecule has 0 spiro atoms. The molecule has 2 aromatic rings. The van der Waals surface area contributed by atoms with E-state index >= 15 is 0 Å². The molecule has 0 aliphatic rings. The molecule has 0 saturated heterocycles. The number of allylic oxidation sites excluding steroid dienone is 1. The number of benzene rings is 1. The van der Waals surface area contributed by atoms with Crippen LogP contribution in [0, 0.1) is 13.8 Å². The van der Waals surface area contributed by atoms with Crippen molar-refractivity contribution in [2.24, 2.45) is 0 Å². The Labute approximate surface area is 161 Å². The Morgan fingerprint density at radius 1 is 1.30 bits per heavy atom. The average Bonchev–Trinajstić information content (AvgIpc) is 2.87. The van der Waals surface area contributed by atoms with E-state index < -0.39 is 0 Å². The maximum Gasteiger partial charge on any atom is 0.244 e. The maximum absolute atomic E-state index is 12.2. The highest BCUT2D eigenvalue weighted by Crippen LogP contribution is 2.34. The van der Waals surface area contributed by atoms with Gasteiger partial charge in [-0.25, -0.2) is 0 Å². The minimum atomic E-state index is -0.111. The van der Waals surface area contributed by atoms with Gasteiger partial charge in [0.05, 0.1) is 12.7 Å². The Hall–Kier alpha value is -2.27. The zero-order valence-electron chi connectivity index (χ0n) is 17.3. The monoisotopic (exact) mass is 373 g/mol. The van der Waals surface area contributed by atoms with Crippen LogP contribution in [0.25, 0.3) is 16.5 Å². The van der Waals surface area contributed by atoms with E-state index in [1.807, 2.05) is 53.7 Å². The van der Waals surface area contributed by atoms with Crippen LogP contribution >= 0.6 is 0 Å². The number of amides is 1. The molecule has 0 saturated carbocycles. The van der Waals surface area contributed by atoms with Gasteiger partial charge in [0.1, 0.15) is 17.1 Å². The molecule has 0 bridgehead atoms. The van der Waals surface area contributed by atoms with Crippen molar-refractivity contribution in [3.05, 3.63) is 35.1 Å². The van der Waals surface area contributed by atoms with E-state index in [0.717, 1.165) is 45.6 Å². The lowest BCUT2D eigenvalue weighted by atomic mass is 10.0. The zero-order chi connectivity index (χ0) is 20.0. The summed E-state index contributed by atoms with van der Waals surface area (Å²) >= 11 is 0. The summed E-state index contributed by atoms with van der Waals surface area (Å²) in [7, 11) is 0. The van der Waals surface area contributed by atoms with Gasteiger partial charge < -0.3 is 19.2 Å². The number of fused-ring (bicyclic) bond motifs is 1. The van der Waals surface area contributed by atoms with Crippen molar-refractivity contribution in [3.8, 4) is 5.75 Å². The summed E-state index contributed by atoms with van der Waals surface area (Å²) in [6.45, 7) is 13.6. The molecular weight excluding hydrogens is 342 g/mol. The SMILES string of the molecule is CCOc1cc2oc(C)c(C)c2cc1/C(C)=C/C(=O)NCCCOC(C)C. The Morgan fingerprint density at radius 3 is 2.70 bits per heavy atom. The van der Waals surface area contributed by atoms with E-state index in [9.17, 15) is 4.79 Å². The lowest BCUT2D eigenvalue weighted by molar-refractivity contribution is -0.116. The average molecular weight is 373 g/mol. The highest BCUT2D eigenvalue weighted by Gasteiger charge is 2.14. The van der Waals surface area contributed by atoms with E-state index in [-0.39, 0.29) is 12.0 Å². The van der Waals surface area contributed by atoms with Crippen molar-refractivity contribution >= 4 is 22.4 Å². The van der Waals surface area contributed by atoms with Crippen LogP contribution in [0.4, 0.5) is 0 Å². The van der Waals surface area contributed by atoms with Gasteiger partial charge in [-0.3, -0.25) is 4.79 Å². The van der Waals surface area contributed by atoms with Crippen LogP contribution in [0.1, 0.15) is 51.0 Å². The van der Waals surface area contributed by atoms with E-state index in [1.165, 1.54) is 0 Å². The highest BCUT2D eigenvalue weighted by molar-refractivity contribution is 5.97. The number of hydrogen-bond donors (Lipinski definition) is 1. The van der Waals surface area contributed by atoms with E-state index in [4.69, 9.17) is 13.9 Å². The summed E-state index contributed by atoms with van der Waals surface area (Å²) in [5.41, 5.74) is 3.68. The molecule has 5 nitrogen and oxygen atoms in total. The van der Waals surface area contributed by atoms with Crippen LogP contribution in [0.2, 0.25) is 0 Å². The molecule has 1 aromatic heterocycles. The molecule has 1 aromatic carbocycles. The predicted molar refractivity (Wildman–Crippen MR) is 109 cm³/mol. The normalized spacial score (nSPS) is 12.0. The minimum absolute atomic E-state index is 0.111. The van der Waals surface area contributed by atoms with Gasteiger partial charge in [-0.05, 0) is 65.2 Å². The van der Waals surface area contributed by atoms with E-state index in [1.54, 1.807) is 6.08 Å². The zero-order valence-corrected chi connectivity index (χ0v) is 17.3. The van der Waals surface area contributed by atoms with Crippen LogP contribution in [0.15, 0.2) is 22.6 Å². The number of aryl methyl sites for hydroxylation is 2. The lowest BCUT2D eigenvalue weighted by Crippen LogP contribution is -2.23. The molecular formula is C22H31NO4. The fraction of sp³-hybridized carbons (Fsp3) is 0.500. The summed E-state index contributed by atoms with van der Waals surface area (Å²) in [5.74, 6) is 1.51. The summed E-state index contributed by atoms with van der Waals surface area (Å²) in [6.07, 6.45) is 2.63. The van der Waals surface area contributed by atoms with Gasteiger partial charge in [-0.2, -0.15) is 0 Å². The van der Waals surface area contributed by atoms with Gasteiger partial charge in [-0.15, -0.1) is 0 Å². The van der Waals surface area contributed by atoms with Gasteiger partial charge in [0.25, 0.3) is 0 Å². The summed E-state index contributed by atoms with van der Waals surface area (Å²) in [5, 5.41) is 3.95. The fourth-order valence-electron chi connectivity index (χ4n) is 2.88. The summed E-state index contributed by atoms with van der Waals surface area (Å²) < 4.78 is 17.1. The molecule has 5 heteroatoms. The molecule has 148 valence electrons. The van der Waals surface area contributed by atoms with E-state index in [0.29, 0.717) is 19.8 Å². The van der Waals surface area contributed by atoms with Crippen LogP contribution < -0.4 is 10.1 Å². The summed E-state index contributed by atoms with van der Waals surface area (Å²) in [6, 6.07) is 3.95. The molecule has 27 heavy (non-hydrogen) atoms. The molecule has 0 unspecified atom stereocenters. The van der Waals surface area contributed by atoms with Crippen molar-refractivity contribution in [3.63, 3.8) is 0 Å². The predicted octanol–water partition coefficient (Wildman–Crippen LogP) is 4.78. The van der Waals surface area contributed by atoms with Crippen molar-refractivity contribution in [2.45, 2.75) is 54.1 Å². The van der Waals surface area contributed by atoms with Gasteiger partial charge in [0.2, 0.25) is 5.91 Å². The standard InChI is InChI=1S/C22H31NO4/c1-7-25-20-13-21-19(16(5)17(6)27-21)12-18(20)15(4)11-22(24)23-9-8-10-26-14(2)3/h11-14H,7-10H2,1-6H3,(H,23,24)/b15-11+. The van der Waals surface area contributed by atoms with Crippen molar-refractivity contribution in [2.75, 3.05) is 19.8 Å². The number of carbonyl (C=O) groups is 1. The smallest absolute Gasteiger partial charge is 0.244 e. The lowest BCUT2D eigenvalue weighted by Gasteiger charge is -2.11. The number of furan rings is 1. The first-order valence-corrected chi connectivity index (χ1v) is 9.58. The van der Waals surface area contributed by atoms with Gasteiger partial charge in [0.15, 0.2) is 0 Å². The molecule has 0 aliphatic carbocycles. The Morgan fingerprint density at radius 2 is 2.04 bits per heavy atom. The number of rotatable bonds is 9. The largest absolute Gasteiger partial charge is 0.493 e. The first-order chi connectivity index (χ1) is 12.8. The first-order valence-electron chi connectivity index (χ1n) is 9.58. The van der Waals surface area contributed by atoms with Crippen molar-refractivity contribution in [1.29, 1.82) is 0 Å². The molecule has 1 amide bonds. The minimum Gasteiger partial charge on any atom is -0.493 e. The third kappa shape index (κ3) is 5.60. The number of hydrogen-bond acceptors (Lipinski definition) is 4. The molecule has 0 fully saturated rings. The molecule has 0 atom stereocenters. The van der Waals surface area contributed by atoms with Gasteiger partial charge in [0, 0.05) is 36.2 Å². The Bertz CT molecular complexity index is 817. The number of nitrogens with one attached hydrogen (secondary N) is 1. The highest BCUT2D eigenvalue weighted by atomic mass is 16.5. The van der Waals surface area contributed by atoms with Gasteiger partial charge >= 0.3 is 0 Å².